The molecule has 0 saturated heterocycles. The third-order valence-corrected chi connectivity index (χ3v) is 3.26. The van der Waals surface area contributed by atoms with Gasteiger partial charge in [-0.05, 0) is 42.5 Å². The van der Waals surface area contributed by atoms with E-state index >= 15 is 0 Å². The second-order valence-electron chi connectivity index (χ2n) is 5.24. The first kappa shape index (κ1) is 19.2. The van der Waals surface area contributed by atoms with Crippen molar-refractivity contribution in [2.45, 2.75) is 12.6 Å². The SMILES string of the molecule is NC(=O)CCOc1ccc(NC(=O)c2ccc(F)c(C(F)(F)F)c2)cc1. The summed E-state index contributed by atoms with van der Waals surface area (Å²) in [6, 6.07) is 7.93. The minimum absolute atomic E-state index is 0.0462. The third kappa shape index (κ3) is 5.20. The van der Waals surface area contributed by atoms with Gasteiger partial charge in [-0.2, -0.15) is 13.2 Å². The monoisotopic (exact) mass is 370 g/mol. The Morgan fingerprint density at radius 2 is 1.73 bits per heavy atom. The van der Waals surface area contributed by atoms with Crippen molar-refractivity contribution in [3.8, 4) is 5.75 Å². The lowest BCUT2D eigenvalue weighted by atomic mass is 10.1. The van der Waals surface area contributed by atoms with Crippen molar-refractivity contribution in [2.75, 3.05) is 11.9 Å². The molecule has 138 valence electrons. The number of ether oxygens (including phenoxy) is 1. The van der Waals surface area contributed by atoms with Crippen LogP contribution in [0.4, 0.5) is 23.2 Å². The fourth-order valence-corrected chi connectivity index (χ4v) is 1.99. The number of halogens is 4. The number of carbonyl (C=O) groups excluding carboxylic acids is 2. The molecule has 0 aliphatic rings. The van der Waals surface area contributed by atoms with Gasteiger partial charge in [0, 0.05) is 11.3 Å². The fourth-order valence-electron chi connectivity index (χ4n) is 1.99. The molecule has 0 spiro atoms. The molecule has 0 atom stereocenters. The van der Waals surface area contributed by atoms with E-state index < -0.39 is 29.4 Å². The second-order valence-corrected chi connectivity index (χ2v) is 5.24. The van der Waals surface area contributed by atoms with Crippen LogP contribution in [0.25, 0.3) is 0 Å². The van der Waals surface area contributed by atoms with Gasteiger partial charge < -0.3 is 15.8 Å². The number of benzene rings is 2. The Kier molecular flexibility index (Phi) is 5.81. The van der Waals surface area contributed by atoms with Gasteiger partial charge in [0.25, 0.3) is 5.91 Å². The van der Waals surface area contributed by atoms with Gasteiger partial charge in [0.15, 0.2) is 0 Å². The summed E-state index contributed by atoms with van der Waals surface area (Å²) < 4.78 is 56.6. The Bertz CT molecular complexity index is 805. The zero-order valence-corrected chi connectivity index (χ0v) is 13.3. The highest BCUT2D eigenvalue weighted by Crippen LogP contribution is 2.32. The topological polar surface area (TPSA) is 81.4 Å². The number of anilines is 1. The number of nitrogens with one attached hydrogen (secondary N) is 1. The van der Waals surface area contributed by atoms with Crippen LogP contribution in [-0.2, 0) is 11.0 Å². The van der Waals surface area contributed by atoms with Crippen LogP contribution in [0.2, 0.25) is 0 Å². The van der Waals surface area contributed by atoms with Crippen molar-refractivity contribution in [1.29, 1.82) is 0 Å². The maximum Gasteiger partial charge on any atom is 0.419 e. The Morgan fingerprint density at radius 1 is 1.08 bits per heavy atom. The lowest BCUT2D eigenvalue weighted by Crippen LogP contribution is -2.15. The molecule has 0 aliphatic carbocycles. The van der Waals surface area contributed by atoms with Crippen LogP contribution in [0.3, 0.4) is 0 Å². The Hall–Kier alpha value is -3.10. The summed E-state index contributed by atoms with van der Waals surface area (Å²) >= 11 is 0. The zero-order chi connectivity index (χ0) is 19.3. The molecule has 5 nitrogen and oxygen atoms in total. The van der Waals surface area contributed by atoms with Gasteiger partial charge in [-0.15, -0.1) is 0 Å². The minimum atomic E-state index is -4.90. The lowest BCUT2D eigenvalue weighted by molar-refractivity contribution is -0.140. The molecule has 0 aromatic heterocycles. The molecule has 0 saturated carbocycles. The molecule has 3 N–H and O–H groups in total. The molecule has 2 aromatic rings. The molecule has 0 fully saturated rings. The van der Waals surface area contributed by atoms with Crippen molar-refractivity contribution in [3.05, 3.63) is 59.4 Å². The van der Waals surface area contributed by atoms with Crippen LogP contribution in [-0.4, -0.2) is 18.4 Å². The van der Waals surface area contributed by atoms with E-state index in [2.05, 4.69) is 5.32 Å². The lowest BCUT2D eigenvalue weighted by Gasteiger charge is -2.11. The van der Waals surface area contributed by atoms with E-state index in [1.165, 1.54) is 24.3 Å². The summed E-state index contributed by atoms with van der Waals surface area (Å²) in [5, 5.41) is 2.40. The van der Waals surface area contributed by atoms with E-state index in [0.717, 1.165) is 6.07 Å². The smallest absolute Gasteiger partial charge is 0.419 e. The molecular weight excluding hydrogens is 356 g/mol. The molecule has 2 rings (SSSR count). The maximum absolute atomic E-state index is 13.3. The molecular formula is C17H14F4N2O3. The first-order chi connectivity index (χ1) is 12.2. The van der Waals surface area contributed by atoms with Crippen molar-refractivity contribution < 1.29 is 31.9 Å². The first-order valence-electron chi connectivity index (χ1n) is 7.36. The van der Waals surface area contributed by atoms with Crippen LogP contribution in [0.5, 0.6) is 5.75 Å². The van der Waals surface area contributed by atoms with Crippen molar-refractivity contribution in [1.82, 2.24) is 0 Å². The number of amides is 2. The molecule has 2 aromatic carbocycles. The second kappa shape index (κ2) is 7.85. The van der Waals surface area contributed by atoms with Gasteiger partial charge in [-0.3, -0.25) is 9.59 Å². The number of nitrogens with two attached hydrogens (primary N) is 1. The molecule has 0 radical (unpaired) electrons. The molecule has 0 bridgehead atoms. The minimum Gasteiger partial charge on any atom is -0.493 e. The van der Waals surface area contributed by atoms with E-state index in [1.807, 2.05) is 0 Å². The van der Waals surface area contributed by atoms with E-state index in [0.29, 0.717) is 23.6 Å². The average Bonchev–Trinajstić information content (AvgIpc) is 2.55. The highest BCUT2D eigenvalue weighted by atomic mass is 19.4. The number of hydrogen-bond donors (Lipinski definition) is 2. The molecule has 9 heteroatoms. The number of alkyl halides is 3. The van der Waals surface area contributed by atoms with Gasteiger partial charge in [-0.25, -0.2) is 4.39 Å². The van der Waals surface area contributed by atoms with Crippen LogP contribution in [0.15, 0.2) is 42.5 Å². The van der Waals surface area contributed by atoms with E-state index in [1.54, 1.807) is 0 Å². The predicted octanol–water partition coefficient (Wildman–Crippen LogP) is 3.35. The Morgan fingerprint density at radius 3 is 2.31 bits per heavy atom. The molecule has 0 aliphatic heterocycles. The Balaban J connectivity index is 2.05. The zero-order valence-electron chi connectivity index (χ0n) is 13.3. The fraction of sp³-hybridized carbons (Fsp3) is 0.176. The van der Waals surface area contributed by atoms with Crippen LogP contribution in [0, 0.1) is 5.82 Å². The molecule has 0 heterocycles. The number of rotatable bonds is 6. The maximum atomic E-state index is 13.3. The summed E-state index contributed by atoms with van der Waals surface area (Å²) in [7, 11) is 0. The third-order valence-electron chi connectivity index (χ3n) is 3.26. The van der Waals surface area contributed by atoms with Crippen molar-refractivity contribution >= 4 is 17.5 Å². The first-order valence-corrected chi connectivity index (χ1v) is 7.36. The van der Waals surface area contributed by atoms with Gasteiger partial charge in [0.2, 0.25) is 5.91 Å². The summed E-state index contributed by atoms with van der Waals surface area (Å²) in [5.74, 6) is -2.36. The van der Waals surface area contributed by atoms with Crippen molar-refractivity contribution in [3.63, 3.8) is 0 Å². The quantitative estimate of drug-likeness (QED) is 0.765. The number of hydrogen-bond acceptors (Lipinski definition) is 3. The van der Waals surface area contributed by atoms with E-state index in [4.69, 9.17) is 10.5 Å². The molecule has 0 unspecified atom stereocenters. The summed E-state index contributed by atoms with van der Waals surface area (Å²) in [6.07, 6.45) is -4.85. The van der Waals surface area contributed by atoms with Crippen molar-refractivity contribution in [2.24, 2.45) is 5.73 Å². The highest BCUT2D eigenvalue weighted by molar-refractivity contribution is 6.04. The van der Waals surface area contributed by atoms with E-state index in [9.17, 15) is 27.2 Å². The summed E-state index contributed by atoms with van der Waals surface area (Å²) in [5.41, 5.74) is 3.43. The Labute approximate surface area is 145 Å². The average molecular weight is 370 g/mol. The van der Waals surface area contributed by atoms with Crippen LogP contribution in [0.1, 0.15) is 22.3 Å². The largest absolute Gasteiger partial charge is 0.493 e. The van der Waals surface area contributed by atoms with Crippen LogP contribution < -0.4 is 15.8 Å². The normalized spacial score (nSPS) is 11.1. The highest BCUT2D eigenvalue weighted by Gasteiger charge is 2.34. The van der Waals surface area contributed by atoms with Gasteiger partial charge in [0.1, 0.15) is 11.6 Å². The van der Waals surface area contributed by atoms with E-state index in [-0.39, 0.29) is 18.6 Å². The van der Waals surface area contributed by atoms with Crippen LogP contribution >= 0.6 is 0 Å². The van der Waals surface area contributed by atoms with Gasteiger partial charge >= 0.3 is 6.18 Å². The summed E-state index contributed by atoms with van der Waals surface area (Å²) in [4.78, 5) is 22.7. The van der Waals surface area contributed by atoms with Gasteiger partial charge in [-0.1, -0.05) is 0 Å². The standard InChI is InChI=1S/C17H14F4N2O3/c18-14-6-1-10(9-13(14)17(19,20)21)16(25)23-11-2-4-12(5-3-11)26-8-7-15(22)24/h1-6,9H,7-8H2,(H2,22,24)(H,23,25). The number of primary amides is 1. The summed E-state index contributed by atoms with van der Waals surface area (Å²) in [6.45, 7) is 0.0941. The molecule has 2 amide bonds. The van der Waals surface area contributed by atoms with Gasteiger partial charge in [0.05, 0.1) is 18.6 Å². The predicted molar refractivity (Wildman–Crippen MR) is 85.1 cm³/mol. The molecule has 26 heavy (non-hydrogen) atoms. The number of carbonyl (C=O) groups is 2.